The van der Waals surface area contributed by atoms with Crippen LogP contribution in [0.25, 0.3) is 0 Å². The van der Waals surface area contributed by atoms with Gasteiger partial charge in [-0.25, -0.2) is 8.78 Å². The lowest BCUT2D eigenvalue weighted by Crippen LogP contribution is -2.19. The lowest BCUT2D eigenvalue weighted by molar-refractivity contribution is 0.528. The van der Waals surface area contributed by atoms with E-state index in [9.17, 15) is 8.78 Å². The van der Waals surface area contributed by atoms with Crippen LogP contribution in [0, 0.1) is 17.6 Å². The second-order valence-electron chi connectivity index (χ2n) is 4.88. The van der Waals surface area contributed by atoms with E-state index in [2.05, 4.69) is 15.9 Å². The second-order valence-corrected chi connectivity index (χ2v) is 5.73. The van der Waals surface area contributed by atoms with E-state index in [-0.39, 0.29) is 17.6 Å². The van der Waals surface area contributed by atoms with Gasteiger partial charge in [0, 0.05) is 4.47 Å². The molecule has 0 spiro atoms. The maximum atomic E-state index is 13.2. The van der Waals surface area contributed by atoms with Gasteiger partial charge in [0.25, 0.3) is 0 Å². The average Bonchev–Trinajstić information content (AvgIpc) is 2.41. The SMILES string of the molecule is NCC(Cc1cccc(F)c1)Cc1ccc(F)cc1Br. The van der Waals surface area contributed by atoms with Crippen molar-refractivity contribution >= 4 is 15.9 Å². The highest BCUT2D eigenvalue weighted by Crippen LogP contribution is 2.22. The van der Waals surface area contributed by atoms with Gasteiger partial charge in [-0.1, -0.05) is 34.1 Å². The van der Waals surface area contributed by atoms with Crippen LogP contribution in [0.15, 0.2) is 46.9 Å². The van der Waals surface area contributed by atoms with E-state index >= 15 is 0 Å². The third-order valence-electron chi connectivity index (χ3n) is 3.27. The van der Waals surface area contributed by atoms with Crippen LogP contribution in [-0.4, -0.2) is 6.54 Å². The molecule has 0 saturated heterocycles. The Morgan fingerprint density at radius 1 is 1.00 bits per heavy atom. The lowest BCUT2D eigenvalue weighted by atomic mass is 9.92. The fraction of sp³-hybridized carbons (Fsp3) is 0.250. The average molecular weight is 340 g/mol. The third kappa shape index (κ3) is 4.12. The predicted molar refractivity (Wildman–Crippen MR) is 80.5 cm³/mol. The number of nitrogens with two attached hydrogens (primary N) is 1. The van der Waals surface area contributed by atoms with E-state index in [1.165, 1.54) is 24.3 Å². The van der Waals surface area contributed by atoms with Crippen LogP contribution in [0.5, 0.6) is 0 Å². The molecule has 1 unspecified atom stereocenters. The molecule has 2 rings (SSSR count). The van der Waals surface area contributed by atoms with Gasteiger partial charge in [0.05, 0.1) is 0 Å². The molecular weight excluding hydrogens is 324 g/mol. The summed E-state index contributed by atoms with van der Waals surface area (Å²) in [6, 6.07) is 11.2. The van der Waals surface area contributed by atoms with E-state index in [0.717, 1.165) is 22.0 Å². The Bertz CT molecular complexity index is 586. The Balaban J connectivity index is 2.09. The standard InChI is InChI=1S/C16H16BrF2N/c17-16-9-15(19)5-4-13(16)7-12(10-20)6-11-2-1-3-14(18)8-11/h1-5,8-9,12H,6-7,10,20H2. The van der Waals surface area contributed by atoms with Crippen LogP contribution >= 0.6 is 15.9 Å². The second kappa shape index (κ2) is 6.95. The van der Waals surface area contributed by atoms with Crippen molar-refractivity contribution in [2.75, 3.05) is 6.54 Å². The fourth-order valence-corrected chi connectivity index (χ4v) is 2.75. The van der Waals surface area contributed by atoms with Crippen LogP contribution in [0.1, 0.15) is 11.1 Å². The van der Waals surface area contributed by atoms with E-state index < -0.39 is 0 Å². The topological polar surface area (TPSA) is 26.0 Å². The molecule has 1 atom stereocenters. The molecule has 20 heavy (non-hydrogen) atoms. The molecule has 0 amide bonds. The molecule has 0 aliphatic carbocycles. The molecule has 1 nitrogen and oxygen atoms in total. The zero-order valence-electron chi connectivity index (χ0n) is 11.0. The summed E-state index contributed by atoms with van der Waals surface area (Å²) in [5.41, 5.74) is 7.74. The zero-order valence-corrected chi connectivity index (χ0v) is 12.5. The number of hydrogen-bond acceptors (Lipinski definition) is 1. The molecule has 0 aliphatic heterocycles. The van der Waals surface area contributed by atoms with Crippen molar-refractivity contribution in [2.24, 2.45) is 11.7 Å². The van der Waals surface area contributed by atoms with Crippen molar-refractivity contribution in [1.82, 2.24) is 0 Å². The van der Waals surface area contributed by atoms with Gasteiger partial charge in [-0.05, 0) is 60.7 Å². The van der Waals surface area contributed by atoms with Gasteiger partial charge in [0.2, 0.25) is 0 Å². The lowest BCUT2D eigenvalue weighted by Gasteiger charge is -2.16. The normalized spacial score (nSPS) is 12.4. The first-order valence-electron chi connectivity index (χ1n) is 6.47. The molecule has 0 fully saturated rings. The first-order valence-corrected chi connectivity index (χ1v) is 7.26. The minimum atomic E-state index is -0.268. The first kappa shape index (κ1) is 15.1. The van der Waals surface area contributed by atoms with Crippen molar-refractivity contribution in [3.63, 3.8) is 0 Å². The Morgan fingerprint density at radius 2 is 1.75 bits per heavy atom. The molecule has 2 aromatic carbocycles. The van der Waals surface area contributed by atoms with Gasteiger partial charge >= 0.3 is 0 Å². The van der Waals surface area contributed by atoms with E-state index in [4.69, 9.17) is 5.73 Å². The number of halogens is 3. The summed E-state index contributed by atoms with van der Waals surface area (Å²) in [5.74, 6) is -0.310. The van der Waals surface area contributed by atoms with Crippen molar-refractivity contribution in [3.8, 4) is 0 Å². The van der Waals surface area contributed by atoms with Crippen molar-refractivity contribution in [2.45, 2.75) is 12.8 Å². The van der Waals surface area contributed by atoms with E-state index in [1.807, 2.05) is 6.07 Å². The molecular formula is C16H16BrF2N. The van der Waals surface area contributed by atoms with Gasteiger partial charge in [0.1, 0.15) is 11.6 Å². The highest BCUT2D eigenvalue weighted by Gasteiger charge is 2.12. The maximum Gasteiger partial charge on any atom is 0.124 e. The van der Waals surface area contributed by atoms with E-state index in [1.54, 1.807) is 12.1 Å². The highest BCUT2D eigenvalue weighted by atomic mass is 79.9. The molecule has 0 radical (unpaired) electrons. The summed E-state index contributed by atoms with van der Waals surface area (Å²) in [4.78, 5) is 0. The Labute approximate surface area is 125 Å². The fourth-order valence-electron chi connectivity index (χ4n) is 2.23. The predicted octanol–water partition coefficient (Wildman–Crippen LogP) is 4.09. The first-order chi connectivity index (χ1) is 9.58. The van der Waals surface area contributed by atoms with Gasteiger partial charge < -0.3 is 5.73 Å². The molecule has 0 bridgehead atoms. The summed E-state index contributed by atoms with van der Waals surface area (Å²) < 4.78 is 27.0. The molecule has 106 valence electrons. The Morgan fingerprint density at radius 3 is 2.40 bits per heavy atom. The van der Waals surface area contributed by atoms with Crippen molar-refractivity contribution < 1.29 is 8.78 Å². The van der Waals surface area contributed by atoms with Gasteiger partial charge in [-0.3, -0.25) is 0 Å². The summed E-state index contributed by atoms with van der Waals surface area (Å²) in [6.45, 7) is 0.500. The summed E-state index contributed by atoms with van der Waals surface area (Å²) in [7, 11) is 0. The minimum absolute atomic E-state index is 0.193. The summed E-state index contributed by atoms with van der Waals surface area (Å²) in [5, 5.41) is 0. The Hall–Kier alpha value is -1.26. The molecule has 2 aromatic rings. The van der Waals surface area contributed by atoms with Gasteiger partial charge in [-0.15, -0.1) is 0 Å². The molecule has 0 heterocycles. The quantitative estimate of drug-likeness (QED) is 0.872. The van der Waals surface area contributed by atoms with Gasteiger partial charge in [0.15, 0.2) is 0 Å². The number of benzene rings is 2. The molecule has 4 heteroatoms. The largest absolute Gasteiger partial charge is 0.330 e. The van der Waals surface area contributed by atoms with E-state index in [0.29, 0.717) is 13.0 Å². The summed E-state index contributed by atoms with van der Waals surface area (Å²) >= 11 is 3.36. The smallest absolute Gasteiger partial charge is 0.124 e. The molecule has 0 aromatic heterocycles. The van der Waals surface area contributed by atoms with Crippen LogP contribution in [-0.2, 0) is 12.8 Å². The monoisotopic (exact) mass is 339 g/mol. The van der Waals surface area contributed by atoms with Crippen molar-refractivity contribution in [3.05, 3.63) is 69.7 Å². The third-order valence-corrected chi connectivity index (χ3v) is 4.01. The minimum Gasteiger partial charge on any atom is -0.330 e. The van der Waals surface area contributed by atoms with Crippen LogP contribution in [0.2, 0.25) is 0 Å². The van der Waals surface area contributed by atoms with Crippen LogP contribution in [0.4, 0.5) is 8.78 Å². The number of hydrogen-bond donors (Lipinski definition) is 1. The summed E-state index contributed by atoms with van der Waals surface area (Å²) in [6.07, 6.45) is 1.44. The van der Waals surface area contributed by atoms with Crippen LogP contribution < -0.4 is 5.73 Å². The molecule has 2 N–H and O–H groups in total. The molecule has 0 aliphatic rings. The molecule has 0 saturated carbocycles. The highest BCUT2D eigenvalue weighted by molar-refractivity contribution is 9.10. The number of rotatable bonds is 5. The Kier molecular flexibility index (Phi) is 5.26. The van der Waals surface area contributed by atoms with Crippen LogP contribution in [0.3, 0.4) is 0 Å². The maximum absolute atomic E-state index is 13.2. The zero-order chi connectivity index (χ0) is 14.5. The van der Waals surface area contributed by atoms with Gasteiger partial charge in [-0.2, -0.15) is 0 Å². The van der Waals surface area contributed by atoms with Crippen molar-refractivity contribution in [1.29, 1.82) is 0 Å².